The molecule has 8 fully saturated rings. The molecule has 40 nitrogen and oxygen atoms in total. The maximum absolute atomic E-state index is 14.3. The number of carboxylic acids is 3. The molecule has 9 N–H and O–H groups in total. The molecule has 2 aliphatic carbocycles. The number of amides is 6. The van der Waals surface area contributed by atoms with Crippen LogP contribution >= 0.6 is 0 Å². The quantitative estimate of drug-likeness (QED) is 0.0170. The second-order valence-corrected chi connectivity index (χ2v) is 31.0. The lowest BCUT2D eigenvalue weighted by molar-refractivity contribution is -0.152. The number of anilines is 3. The number of carboxylic acid groups (broad SMARTS) is 3. The number of urea groups is 3. The van der Waals surface area contributed by atoms with Crippen molar-refractivity contribution >= 4 is 86.9 Å². The van der Waals surface area contributed by atoms with Gasteiger partial charge in [-0.15, -0.1) is 0 Å². The number of para-hydroxylation sites is 1. The Labute approximate surface area is 736 Å². The number of aromatic nitrogens is 12. The van der Waals surface area contributed by atoms with Crippen LogP contribution in [0.5, 0.6) is 23.0 Å². The summed E-state index contributed by atoms with van der Waals surface area (Å²) in [5.74, 6) is -6.70. The number of benzene rings is 6. The molecule has 6 aliphatic heterocycles. The van der Waals surface area contributed by atoms with Gasteiger partial charge in [-0.25, -0.2) is 95.6 Å². The summed E-state index contributed by atoms with van der Waals surface area (Å²) in [5, 5.41) is 45.2. The number of nitrogens with one attached hydrogen (secondary N) is 6. The van der Waals surface area contributed by atoms with Crippen LogP contribution in [0.4, 0.5) is 53.8 Å². The van der Waals surface area contributed by atoms with Gasteiger partial charge in [-0.2, -0.15) is 0 Å². The predicted molar refractivity (Wildman–Crippen MR) is 440 cm³/mol. The molecular formula is C86H79F5N18O22. The summed E-state index contributed by atoms with van der Waals surface area (Å²) in [6, 6.07) is 28.1. The van der Waals surface area contributed by atoms with Crippen LogP contribution in [0.3, 0.4) is 0 Å². The molecule has 6 amide bonds. The number of ether oxygens (including phenoxy) is 13. The minimum absolute atomic E-state index is 0.0427. The van der Waals surface area contributed by atoms with E-state index in [0.717, 1.165) is 50.7 Å². The van der Waals surface area contributed by atoms with Crippen molar-refractivity contribution in [3.05, 3.63) is 228 Å². The van der Waals surface area contributed by atoms with Crippen LogP contribution < -0.4 is 50.8 Å². The SMILES string of the molecule is CCCCNC(=O)Nc1ncnc2c1ncn2C1OC(COc2cccc(F)c2C(=O)O)C2O[C@H](c3ccc(F)cc3)OC21.COc1cccc(C(=O)O)c1OCC1OC(n2cnc3c(NC(=O)NC4CC4)ncnc32)C2O[C@@H](c3ccc(F)cc3)OC12.O=C(Nc1ncnc2c1ncn2C1OC(COc2cccc(F)c2C(=O)O)C2O[C@H](c3ccc(F)cc3)OC21)NC1CC1. The molecule has 12 heterocycles. The van der Waals surface area contributed by atoms with Gasteiger partial charge in [0, 0.05) is 35.3 Å². The van der Waals surface area contributed by atoms with Crippen molar-refractivity contribution in [2.24, 2.45) is 0 Å². The number of carbonyl (C=O) groups excluding carboxylic acids is 3. The van der Waals surface area contributed by atoms with E-state index in [9.17, 15) is 66.0 Å². The molecule has 12 unspecified atom stereocenters. The Morgan fingerprint density at radius 1 is 0.412 bits per heavy atom. The molecule has 8 aliphatic rings. The molecule has 680 valence electrons. The third-order valence-corrected chi connectivity index (χ3v) is 22.2. The van der Waals surface area contributed by atoms with Crippen molar-refractivity contribution in [2.45, 2.75) is 150 Å². The van der Waals surface area contributed by atoms with E-state index in [1.54, 1.807) is 50.1 Å². The fraction of sp³-hybridized carbons (Fsp3) is 0.337. The summed E-state index contributed by atoms with van der Waals surface area (Å²) in [7, 11) is 1.41. The number of carbonyl (C=O) groups is 6. The van der Waals surface area contributed by atoms with Crippen LogP contribution in [0.15, 0.2) is 165 Å². The number of hydrogen-bond donors (Lipinski definition) is 9. The average molecular weight is 1810 g/mol. The number of halogens is 5. The zero-order valence-corrected chi connectivity index (χ0v) is 68.8. The third kappa shape index (κ3) is 18.7. The molecule has 0 spiro atoms. The summed E-state index contributed by atoms with van der Waals surface area (Å²) in [6.07, 6.45) is 1.93. The monoisotopic (exact) mass is 1810 g/mol. The number of imidazole rings is 3. The van der Waals surface area contributed by atoms with E-state index in [4.69, 9.17) is 61.6 Å². The zero-order valence-electron chi connectivity index (χ0n) is 68.8. The van der Waals surface area contributed by atoms with Crippen molar-refractivity contribution in [3.63, 3.8) is 0 Å². The lowest BCUT2D eigenvalue weighted by Crippen LogP contribution is -2.33. The van der Waals surface area contributed by atoms with Crippen LogP contribution in [-0.4, -0.2) is 210 Å². The largest absolute Gasteiger partial charge is 0.493 e. The maximum Gasteiger partial charge on any atom is 0.342 e. The fourth-order valence-corrected chi connectivity index (χ4v) is 15.6. The minimum Gasteiger partial charge on any atom is -0.493 e. The number of unbranched alkanes of at least 4 members (excludes halogenated alkanes) is 1. The van der Waals surface area contributed by atoms with Gasteiger partial charge in [0.05, 0.1) is 26.1 Å². The lowest BCUT2D eigenvalue weighted by atomic mass is 10.1. The van der Waals surface area contributed by atoms with Crippen LogP contribution in [-0.2, 0) is 42.6 Å². The Kier molecular flexibility index (Phi) is 25.2. The standard InChI is InChI=1S/C29H28F2N6O7.C29H27FN6O8.C28H24F2N6O7/c1-2-3-11-32-29(40)36-24-21-25(34-13-33-24)37(14-35-21)26-23-22(43-28(44-23)15-7-9-16(30)10-8-15)19(42-26)12-41-18-6-4-5-17(31)20(18)27(38)39;1-40-18-4-2-3-17(27(37)38)21(18)41-11-19-22-23(44-28(43-22)14-5-7-15(30)8-6-14)26(42-19)36-13-33-20-24(31-12-32-25(20)36)35-29(39)34-16-9-10-16;29-14-6-4-13(5-7-14)27-42-21-18(10-40-17-3-1-2-16(30)19(17)26(37)38)41-25(22(21)43-27)36-12-33-20-23(31-11-32-24(20)36)35-28(39)34-15-8-9-15/h4-10,13-14,19,22-23,26,28H,2-3,11-12H2,1H3,(H,38,39)(H2,32,33,34,36,40);2-8,12-13,16,19,22-23,26,28H,9-11H2,1H3,(H,37,38)(H2,31,32,34,35,39);1-7,11-12,15,18,21-22,25,27H,8-10H2,(H,37,38)(H2,31,32,34,35,39)/t2*19?,22?,23?,26?,28-;18?,21?,22?,25?,27-/m000/s1. The van der Waals surface area contributed by atoms with Crippen molar-refractivity contribution in [2.75, 3.05) is 49.4 Å². The van der Waals surface area contributed by atoms with Gasteiger partial charge < -0.3 is 92.8 Å². The highest BCUT2D eigenvalue weighted by Gasteiger charge is 2.58. The van der Waals surface area contributed by atoms with E-state index in [1.165, 1.54) is 124 Å². The summed E-state index contributed by atoms with van der Waals surface area (Å²) in [4.78, 5) is 111. The van der Waals surface area contributed by atoms with Gasteiger partial charge in [0.2, 0.25) is 0 Å². The van der Waals surface area contributed by atoms with Crippen molar-refractivity contribution in [1.29, 1.82) is 0 Å². The summed E-state index contributed by atoms with van der Waals surface area (Å²) in [6.45, 7) is 1.98. The van der Waals surface area contributed by atoms with Gasteiger partial charge in [-0.3, -0.25) is 29.7 Å². The summed E-state index contributed by atoms with van der Waals surface area (Å²) in [5.41, 5.74) is 2.45. The Morgan fingerprint density at radius 2 is 0.763 bits per heavy atom. The molecule has 15 atom stereocenters. The topological polar surface area (TPSA) is 486 Å². The molecule has 131 heavy (non-hydrogen) atoms. The average Bonchev–Trinajstić information content (AvgIpc) is 1.60. The van der Waals surface area contributed by atoms with E-state index >= 15 is 0 Å². The Balaban J connectivity index is 0.000000132. The van der Waals surface area contributed by atoms with Crippen LogP contribution in [0.2, 0.25) is 0 Å². The normalized spacial score (nSPS) is 23.8. The molecular weight excluding hydrogens is 1730 g/mol. The van der Waals surface area contributed by atoms with E-state index in [-0.39, 0.29) is 84.0 Å². The fourth-order valence-electron chi connectivity index (χ4n) is 15.6. The van der Waals surface area contributed by atoms with Gasteiger partial charge >= 0.3 is 36.0 Å². The van der Waals surface area contributed by atoms with Gasteiger partial charge in [0.1, 0.15) is 151 Å². The first-order valence-corrected chi connectivity index (χ1v) is 41.3. The van der Waals surface area contributed by atoms with Gasteiger partial charge in [-0.05, 0) is 105 Å². The number of rotatable bonds is 27. The van der Waals surface area contributed by atoms with Crippen molar-refractivity contribution in [1.82, 2.24) is 74.5 Å². The van der Waals surface area contributed by atoms with E-state index in [0.29, 0.717) is 56.7 Å². The molecule has 12 aromatic rings. The van der Waals surface area contributed by atoms with E-state index in [2.05, 4.69) is 76.8 Å². The number of hydrogen-bond acceptors (Lipinski definition) is 28. The van der Waals surface area contributed by atoms with E-state index < -0.39 is 163 Å². The highest BCUT2D eigenvalue weighted by Crippen LogP contribution is 2.50. The molecule has 6 aromatic carbocycles. The Bertz CT molecular complexity index is 6260. The molecule has 6 saturated heterocycles. The smallest absolute Gasteiger partial charge is 0.342 e. The highest BCUT2D eigenvalue weighted by atomic mass is 19.1. The minimum atomic E-state index is -1.48. The maximum atomic E-state index is 14.3. The Morgan fingerprint density at radius 3 is 1.11 bits per heavy atom. The molecule has 45 heteroatoms. The lowest BCUT2D eigenvalue weighted by Gasteiger charge is -2.22. The number of methoxy groups -OCH3 is 1. The second-order valence-electron chi connectivity index (χ2n) is 31.0. The van der Waals surface area contributed by atoms with Gasteiger partial charge in [0.15, 0.2) is 100.0 Å². The number of nitrogens with zero attached hydrogens (tertiary/aromatic N) is 12. The first-order valence-electron chi connectivity index (χ1n) is 41.3. The molecule has 0 bridgehead atoms. The Hall–Kier alpha value is -14.3. The van der Waals surface area contributed by atoms with Gasteiger partial charge in [0.25, 0.3) is 0 Å². The summed E-state index contributed by atoms with van der Waals surface area (Å²) < 4.78 is 154. The molecule has 0 radical (unpaired) electrons. The van der Waals surface area contributed by atoms with E-state index in [1.807, 2.05) is 6.92 Å². The summed E-state index contributed by atoms with van der Waals surface area (Å²) >= 11 is 0. The first kappa shape index (κ1) is 87.4. The molecule has 20 rings (SSSR count). The predicted octanol–water partition coefficient (Wildman–Crippen LogP) is 11.1. The zero-order chi connectivity index (χ0) is 90.8. The van der Waals surface area contributed by atoms with Crippen molar-refractivity contribution in [3.8, 4) is 23.0 Å². The van der Waals surface area contributed by atoms with Crippen molar-refractivity contribution < 1.29 is 128 Å². The third-order valence-electron chi connectivity index (χ3n) is 22.2. The molecule has 2 saturated carbocycles. The molecule has 6 aromatic heterocycles. The number of fused-ring (bicyclic) bond motifs is 6. The van der Waals surface area contributed by atoms with Crippen LogP contribution in [0, 0.1) is 29.1 Å². The second kappa shape index (κ2) is 37.8. The van der Waals surface area contributed by atoms with Crippen LogP contribution in [0.25, 0.3) is 33.5 Å². The highest BCUT2D eigenvalue weighted by molar-refractivity contribution is 5.98. The number of aromatic carboxylic acids is 3. The van der Waals surface area contributed by atoms with Crippen LogP contribution in [0.1, 0.15) is 131 Å². The van der Waals surface area contributed by atoms with Gasteiger partial charge in [-0.1, -0.05) is 67.9 Å². The first-order chi connectivity index (χ1) is 63.6.